The fraction of sp³-hybridized carbons (Fsp3) is 0.394. The minimum absolute atomic E-state index is 0.130. The lowest BCUT2D eigenvalue weighted by molar-refractivity contribution is -0.117. The molecule has 0 bridgehead atoms. The highest BCUT2D eigenvalue weighted by atomic mass is 19.1. The average Bonchev–Trinajstić information content (AvgIpc) is 3.78. The van der Waals surface area contributed by atoms with Gasteiger partial charge in [0.2, 0.25) is 11.9 Å². The van der Waals surface area contributed by atoms with Crippen LogP contribution in [0.5, 0.6) is 6.01 Å². The fourth-order valence-electron chi connectivity index (χ4n) is 6.27. The van der Waals surface area contributed by atoms with Gasteiger partial charge in [0, 0.05) is 68.3 Å². The van der Waals surface area contributed by atoms with Crippen LogP contribution in [0.15, 0.2) is 42.9 Å². The summed E-state index contributed by atoms with van der Waals surface area (Å²) < 4.78 is 22.3. The number of carbonyl (C=O) groups excluding carboxylic acids is 1. The number of aromatic nitrogens is 7. The number of likely N-dealkylation sites (tertiary alicyclic amines) is 1. The van der Waals surface area contributed by atoms with Crippen LogP contribution in [0.25, 0.3) is 22.2 Å². The molecule has 1 amide bonds. The Morgan fingerprint density at radius 3 is 2.77 bits per heavy atom. The Morgan fingerprint density at radius 2 is 1.96 bits per heavy atom. The molecule has 2 fully saturated rings. The van der Waals surface area contributed by atoms with Gasteiger partial charge in [-0.05, 0) is 51.2 Å². The number of ether oxygens (including phenoxy) is 1. The second-order valence-electron chi connectivity index (χ2n) is 12.3. The maximum absolute atomic E-state index is 14.5. The highest BCUT2D eigenvalue weighted by molar-refractivity contribution is 6.06. The van der Waals surface area contributed by atoms with Crippen LogP contribution >= 0.6 is 0 Å². The predicted molar refractivity (Wildman–Crippen MR) is 177 cm³/mol. The number of aryl methyl sites for hydroxylation is 3. The number of para-hydroxylation sites is 1. The number of halogens is 1. The molecular formula is C33H38FN11O2. The highest BCUT2D eigenvalue weighted by Crippen LogP contribution is 2.33. The van der Waals surface area contributed by atoms with Gasteiger partial charge in [-0.2, -0.15) is 10.1 Å². The summed E-state index contributed by atoms with van der Waals surface area (Å²) in [5.74, 6) is 0.860. The molecular weight excluding hydrogens is 601 g/mol. The van der Waals surface area contributed by atoms with Gasteiger partial charge < -0.3 is 25.3 Å². The van der Waals surface area contributed by atoms with Crippen molar-refractivity contribution in [2.24, 2.45) is 7.05 Å². The van der Waals surface area contributed by atoms with Crippen LogP contribution in [0.3, 0.4) is 0 Å². The number of fused-ring (bicyclic) bond motifs is 1. The van der Waals surface area contributed by atoms with Gasteiger partial charge in [-0.1, -0.05) is 12.1 Å². The van der Waals surface area contributed by atoms with E-state index in [4.69, 9.17) is 9.72 Å². The van der Waals surface area contributed by atoms with Crippen molar-refractivity contribution in [1.82, 2.24) is 39.6 Å². The third-order valence-electron chi connectivity index (χ3n) is 8.80. The zero-order chi connectivity index (χ0) is 32.5. The molecule has 244 valence electrons. The Hall–Kier alpha value is -5.11. The number of nitrogens with zero attached hydrogens (tertiary/aromatic N) is 8. The molecule has 1 unspecified atom stereocenters. The third kappa shape index (κ3) is 6.59. The van der Waals surface area contributed by atoms with Crippen molar-refractivity contribution in [2.75, 3.05) is 48.3 Å². The Balaban J connectivity index is 0.994. The number of carbonyl (C=O) groups is 1. The van der Waals surface area contributed by atoms with Crippen molar-refractivity contribution in [3.63, 3.8) is 0 Å². The van der Waals surface area contributed by atoms with E-state index in [9.17, 15) is 9.18 Å². The standard InChI is InChI=1S/C33H38FN11O2/c1-20-15-36-32(39-27-14-21(2)43(3)42-27)40-29(20)24-16-35-30-23(24)8-7-9-26(30)38-28(46)19-44-13-10-22(18-44)47-33-37-17-25(34)31(41-33)45-11-5-4-6-12-45/h7-9,14-17,22,35H,4-6,10-13,18-19H2,1-3H3,(H,38,46)(H,36,39,40,42). The molecule has 0 spiro atoms. The number of nitrogens with one attached hydrogen (secondary N) is 3. The molecule has 4 aromatic heterocycles. The molecule has 47 heavy (non-hydrogen) atoms. The van der Waals surface area contributed by atoms with Crippen molar-refractivity contribution in [1.29, 1.82) is 0 Å². The molecule has 6 heterocycles. The van der Waals surface area contributed by atoms with E-state index >= 15 is 0 Å². The molecule has 0 aliphatic carbocycles. The largest absolute Gasteiger partial charge is 0.459 e. The number of aromatic amines is 1. The first-order chi connectivity index (χ1) is 22.8. The second-order valence-corrected chi connectivity index (χ2v) is 12.3. The number of anilines is 4. The quantitative estimate of drug-likeness (QED) is 0.207. The van der Waals surface area contributed by atoms with Gasteiger partial charge in [0.1, 0.15) is 6.10 Å². The van der Waals surface area contributed by atoms with E-state index < -0.39 is 5.82 Å². The maximum Gasteiger partial charge on any atom is 0.318 e. The van der Waals surface area contributed by atoms with Crippen molar-refractivity contribution in [2.45, 2.75) is 45.6 Å². The molecule has 7 rings (SSSR count). The smallest absolute Gasteiger partial charge is 0.318 e. The van der Waals surface area contributed by atoms with Crippen molar-refractivity contribution in [3.05, 3.63) is 59.9 Å². The van der Waals surface area contributed by atoms with E-state index in [0.717, 1.165) is 72.2 Å². The van der Waals surface area contributed by atoms with Gasteiger partial charge in [-0.25, -0.2) is 19.3 Å². The zero-order valence-corrected chi connectivity index (χ0v) is 26.8. The van der Waals surface area contributed by atoms with Crippen molar-refractivity contribution in [3.8, 4) is 17.3 Å². The molecule has 3 N–H and O–H groups in total. The Kier molecular flexibility index (Phi) is 8.41. The van der Waals surface area contributed by atoms with Gasteiger partial charge >= 0.3 is 6.01 Å². The number of rotatable bonds is 9. The molecule has 0 saturated carbocycles. The first-order valence-electron chi connectivity index (χ1n) is 16.0. The van der Waals surface area contributed by atoms with E-state index in [2.05, 4.69) is 35.7 Å². The molecule has 2 aliphatic heterocycles. The molecule has 2 saturated heterocycles. The SMILES string of the molecule is Cc1cnc(Nc2cc(C)n(C)n2)nc1-c1c[nH]c2c(NC(=O)CN3CCC(Oc4ncc(F)c(N5CCCCC5)n4)C3)cccc12. The summed E-state index contributed by atoms with van der Waals surface area (Å²) in [6.07, 6.45) is 8.59. The van der Waals surface area contributed by atoms with Gasteiger partial charge in [-0.15, -0.1) is 0 Å². The summed E-state index contributed by atoms with van der Waals surface area (Å²) in [4.78, 5) is 38.2. The number of hydrogen-bond donors (Lipinski definition) is 3. The Morgan fingerprint density at radius 1 is 1.11 bits per heavy atom. The summed E-state index contributed by atoms with van der Waals surface area (Å²) in [5.41, 5.74) is 5.12. The van der Waals surface area contributed by atoms with Crippen LogP contribution < -0.4 is 20.3 Å². The minimum atomic E-state index is -0.433. The summed E-state index contributed by atoms with van der Waals surface area (Å²) >= 11 is 0. The van der Waals surface area contributed by atoms with Gasteiger partial charge in [0.15, 0.2) is 17.5 Å². The summed E-state index contributed by atoms with van der Waals surface area (Å²) in [5, 5.41) is 11.6. The first kappa shape index (κ1) is 30.5. The van der Waals surface area contributed by atoms with Crippen LogP contribution in [-0.4, -0.2) is 84.3 Å². The Bertz CT molecular complexity index is 1900. The predicted octanol–water partition coefficient (Wildman–Crippen LogP) is 4.73. The number of H-pyrrole nitrogens is 1. The minimum Gasteiger partial charge on any atom is -0.459 e. The molecule has 1 atom stereocenters. The molecule has 0 radical (unpaired) electrons. The average molecular weight is 640 g/mol. The molecule has 5 aromatic rings. The monoisotopic (exact) mass is 639 g/mol. The summed E-state index contributed by atoms with van der Waals surface area (Å²) in [6.45, 7) is 6.96. The fourth-order valence-corrected chi connectivity index (χ4v) is 6.27. The number of hydrogen-bond acceptors (Lipinski definition) is 10. The van der Waals surface area contributed by atoms with Crippen LogP contribution in [0.1, 0.15) is 36.9 Å². The van der Waals surface area contributed by atoms with E-state index in [1.54, 1.807) is 10.9 Å². The van der Waals surface area contributed by atoms with Crippen LogP contribution in [0.2, 0.25) is 0 Å². The van der Waals surface area contributed by atoms with Crippen LogP contribution in [0, 0.1) is 19.7 Å². The maximum atomic E-state index is 14.5. The van der Waals surface area contributed by atoms with Crippen molar-refractivity contribution >= 4 is 40.1 Å². The Labute approximate surface area is 271 Å². The topological polar surface area (TPSA) is 142 Å². The normalized spacial score (nSPS) is 16.9. The number of benzene rings is 1. The second kappa shape index (κ2) is 12.9. The summed E-state index contributed by atoms with van der Waals surface area (Å²) in [6, 6.07) is 7.91. The zero-order valence-electron chi connectivity index (χ0n) is 26.8. The lowest BCUT2D eigenvalue weighted by Crippen LogP contribution is -2.33. The van der Waals surface area contributed by atoms with Crippen LogP contribution in [0.4, 0.5) is 27.7 Å². The lowest BCUT2D eigenvalue weighted by atomic mass is 10.1. The van der Waals surface area contributed by atoms with E-state index in [-0.39, 0.29) is 24.6 Å². The van der Waals surface area contributed by atoms with Gasteiger partial charge in [0.25, 0.3) is 0 Å². The number of amides is 1. The van der Waals surface area contributed by atoms with E-state index in [1.165, 1.54) is 6.20 Å². The molecule has 2 aliphatic rings. The van der Waals surface area contributed by atoms with E-state index in [0.29, 0.717) is 36.4 Å². The molecule has 13 nitrogen and oxygen atoms in total. The highest BCUT2D eigenvalue weighted by Gasteiger charge is 2.27. The third-order valence-corrected chi connectivity index (χ3v) is 8.80. The summed E-state index contributed by atoms with van der Waals surface area (Å²) in [7, 11) is 1.89. The molecule has 1 aromatic carbocycles. The van der Waals surface area contributed by atoms with Crippen LogP contribution in [-0.2, 0) is 11.8 Å². The van der Waals surface area contributed by atoms with Crippen molar-refractivity contribution < 1.29 is 13.9 Å². The van der Waals surface area contributed by atoms with E-state index in [1.807, 2.05) is 61.2 Å². The lowest BCUT2D eigenvalue weighted by Gasteiger charge is -2.28. The number of piperidine rings is 1. The molecule has 14 heteroatoms. The van der Waals surface area contributed by atoms with Gasteiger partial charge in [0.05, 0.1) is 29.6 Å². The first-order valence-corrected chi connectivity index (χ1v) is 16.0. The van der Waals surface area contributed by atoms with Gasteiger partial charge in [-0.3, -0.25) is 14.4 Å².